The van der Waals surface area contributed by atoms with Crippen LogP contribution in [-0.2, 0) is 9.53 Å². The second-order valence-electron chi connectivity index (χ2n) is 3.91. The first-order valence-corrected chi connectivity index (χ1v) is 6.64. The molecule has 5 nitrogen and oxygen atoms in total. The van der Waals surface area contributed by atoms with Crippen molar-refractivity contribution < 1.29 is 9.53 Å². The number of likely N-dealkylation sites (N-methyl/N-ethyl adjacent to an activating group) is 1. The van der Waals surface area contributed by atoms with Crippen LogP contribution in [-0.4, -0.2) is 39.8 Å². The van der Waals surface area contributed by atoms with Crippen LogP contribution >= 0.6 is 22.6 Å². The van der Waals surface area contributed by atoms with Crippen molar-refractivity contribution in [2.45, 2.75) is 0 Å². The number of nitrogens with zero attached hydrogens (tertiary/aromatic N) is 1. The van der Waals surface area contributed by atoms with Gasteiger partial charge in [0.25, 0.3) is 0 Å². The minimum absolute atomic E-state index is 0.0258. The number of halogens is 1. The van der Waals surface area contributed by atoms with Gasteiger partial charge in [-0.15, -0.1) is 0 Å². The van der Waals surface area contributed by atoms with Crippen LogP contribution in [0.3, 0.4) is 0 Å². The normalized spacial score (nSPS) is 10.2. The number of methoxy groups -OCH3 is 1. The molecular formula is C12H18IN3O2. The van der Waals surface area contributed by atoms with Crippen molar-refractivity contribution in [2.75, 3.05) is 44.5 Å². The average Bonchev–Trinajstić information content (AvgIpc) is 2.28. The van der Waals surface area contributed by atoms with Crippen LogP contribution in [0.25, 0.3) is 0 Å². The average molecular weight is 363 g/mol. The van der Waals surface area contributed by atoms with E-state index in [2.05, 4.69) is 27.9 Å². The Labute approximate surface area is 121 Å². The third kappa shape index (κ3) is 4.69. The van der Waals surface area contributed by atoms with E-state index in [0.717, 1.165) is 14.9 Å². The molecule has 0 aliphatic rings. The first-order chi connectivity index (χ1) is 8.54. The zero-order valence-corrected chi connectivity index (χ0v) is 12.7. The number of nitrogen functional groups attached to an aromatic ring is 1. The molecule has 3 N–H and O–H groups in total. The summed E-state index contributed by atoms with van der Waals surface area (Å²) in [5.41, 5.74) is 7.41. The third-order valence-corrected chi connectivity index (χ3v) is 3.26. The molecule has 1 aromatic rings. The lowest BCUT2D eigenvalue weighted by molar-refractivity contribution is -0.119. The highest BCUT2D eigenvalue weighted by Gasteiger charge is 2.09. The lowest BCUT2D eigenvalue weighted by Crippen LogP contribution is -2.36. The van der Waals surface area contributed by atoms with Crippen molar-refractivity contribution in [3.05, 3.63) is 21.8 Å². The van der Waals surface area contributed by atoms with Crippen LogP contribution in [0.2, 0.25) is 0 Å². The van der Waals surface area contributed by atoms with Gasteiger partial charge in [0.1, 0.15) is 0 Å². The summed E-state index contributed by atoms with van der Waals surface area (Å²) in [7, 11) is 3.48. The maximum atomic E-state index is 11.6. The van der Waals surface area contributed by atoms with Gasteiger partial charge >= 0.3 is 0 Å². The summed E-state index contributed by atoms with van der Waals surface area (Å²) >= 11 is 2.21. The number of carbonyl (C=O) groups excluding carboxylic acids is 1. The molecule has 0 radical (unpaired) electrons. The fourth-order valence-electron chi connectivity index (χ4n) is 1.48. The highest BCUT2D eigenvalue weighted by molar-refractivity contribution is 14.1. The van der Waals surface area contributed by atoms with Crippen LogP contribution in [0.5, 0.6) is 0 Å². The topological polar surface area (TPSA) is 67.6 Å². The van der Waals surface area contributed by atoms with E-state index in [1.165, 1.54) is 0 Å². The molecule has 0 aliphatic heterocycles. The zero-order valence-electron chi connectivity index (χ0n) is 10.6. The van der Waals surface area contributed by atoms with E-state index in [0.29, 0.717) is 19.7 Å². The predicted molar refractivity (Wildman–Crippen MR) is 81.7 cm³/mol. The van der Waals surface area contributed by atoms with Gasteiger partial charge in [-0.3, -0.25) is 4.79 Å². The number of amides is 1. The highest BCUT2D eigenvalue weighted by atomic mass is 127. The lowest BCUT2D eigenvalue weighted by Gasteiger charge is -2.20. The number of anilines is 2. The van der Waals surface area contributed by atoms with Gasteiger partial charge in [-0.2, -0.15) is 0 Å². The highest BCUT2D eigenvalue weighted by Crippen LogP contribution is 2.23. The predicted octanol–water partition coefficient (Wildman–Crippen LogP) is 1.07. The minimum atomic E-state index is -0.0258. The van der Waals surface area contributed by atoms with Gasteiger partial charge in [-0.1, -0.05) is 0 Å². The Kier molecular flexibility index (Phi) is 6.20. The molecule has 0 saturated carbocycles. The Hall–Kier alpha value is -1.02. The molecule has 0 aromatic heterocycles. The van der Waals surface area contributed by atoms with Crippen LogP contribution in [0.15, 0.2) is 18.2 Å². The maximum Gasteiger partial charge on any atom is 0.239 e. The van der Waals surface area contributed by atoms with E-state index in [1.54, 1.807) is 7.11 Å². The van der Waals surface area contributed by atoms with Gasteiger partial charge in [0.2, 0.25) is 5.91 Å². The maximum absolute atomic E-state index is 11.6. The molecule has 0 heterocycles. The Balaban J connectivity index is 2.54. The Morgan fingerprint density at radius 3 is 2.89 bits per heavy atom. The second-order valence-corrected chi connectivity index (χ2v) is 5.07. The molecule has 6 heteroatoms. The summed E-state index contributed by atoms with van der Waals surface area (Å²) in [5, 5.41) is 2.78. The molecule has 100 valence electrons. The van der Waals surface area contributed by atoms with Gasteiger partial charge in [0, 0.05) is 30.0 Å². The van der Waals surface area contributed by atoms with Crippen LogP contribution in [0, 0.1) is 3.57 Å². The standard InChI is InChI=1S/C12H18IN3O2/c1-16(8-12(17)15-5-6-18-2)11-4-3-9(14)7-10(11)13/h3-4,7H,5-6,8,14H2,1-2H3,(H,15,17). The van der Waals surface area contributed by atoms with Gasteiger partial charge < -0.3 is 20.7 Å². The molecular weight excluding hydrogens is 345 g/mol. The number of benzene rings is 1. The van der Waals surface area contributed by atoms with Crippen molar-refractivity contribution >= 4 is 39.9 Å². The van der Waals surface area contributed by atoms with Gasteiger partial charge in [-0.25, -0.2) is 0 Å². The minimum Gasteiger partial charge on any atom is -0.399 e. The summed E-state index contributed by atoms with van der Waals surface area (Å²) in [4.78, 5) is 13.5. The molecule has 0 bridgehead atoms. The van der Waals surface area contributed by atoms with Crippen molar-refractivity contribution in [3.8, 4) is 0 Å². The van der Waals surface area contributed by atoms with Crippen LogP contribution in [0.4, 0.5) is 11.4 Å². The molecule has 0 saturated heterocycles. The zero-order chi connectivity index (χ0) is 13.5. The monoisotopic (exact) mass is 363 g/mol. The SMILES string of the molecule is COCCNC(=O)CN(C)c1ccc(N)cc1I. The fraction of sp³-hybridized carbons (Fsp3) is 0.417. The van der Waals surface area contributed by atoms with E-state index >= 15 is 0 Å². The molecule has 0 unspecified atom stereocenters. The quantitative estimate of drug-likeness (QED) is 0.451. The number of ether oxygens (including phenoxy) is 1. The first-order valence-electron chi connectivity index (χ1n) is 5.56. The molecule has 18 heavy (non-hydrogen) atoms. The summed E-state index contributed by atoms with van der Waals surface area (Å²) in [5.74, 6) is -0.0258. The second kappa shape index (κ2) is 7.42. The number of carbonyl (C=O) groups is 1. The Morgan fingerprint density at radius 2 is 2.28 bits per heavy atom. The van der Waals surface area contributed by atoms with E-state index in [4.69, 9.17) is 10.5 Å². The number of nitrogens with one attached hydrogen (secondary N) is 1. The largest absolute Gasteiger partial charge is 0.399 e. The molecule has 0 spiro atoms. The molecule has 1 aromatic carbocycles. The smallest absolute Gasteiger partial charge is 0.239 e. The van der Waals surface area contributed by atoms with E-state index in [9.17, 15) is 4.79 Å². The van der Waals surface area contributed by atoms with Gasteiger partial charge in [-0.05, 0) is 40.8 Å². The summed E-state index contributed by atoms with van der Waals surface area (Å²) in [6, 6.07) is 5.63. The lowest BCUT2D eigenvalue weighted by atomic mass is 10.2. The van der Waals surface area contributed by atoms with E-state index < -0.39 is 0 Å². The van der Waals surface area contributed by atoms with E-state index in [-0.39, 0.29) is 5.91 Å². The summed E-state index contributed by atoms with van der Waals surface area (Å²) < 4.78 is 5.90. The van der Waals surface area contributed by atoms with Gasteiger partial charge in [0.15, 0.2) is 0 Å². The number of rotatable bonds is 6. The third-order valence-electron chi connectivity index (χ3n) is 2.39. The van der Waals surface area contributed by atoms with Crippen molar-refractivity contribution in [3.63, 3.8) is 0 Å². The van der Waals surface area contributed by atoms with Crippen LogP contribution < -0.4 is 16.0 Å². The first kappa shape index (κ1) is 15.0. The van der Waals surface area contributed by atoms with Crippen molar-refractivity contribution in [2.24, 2.45) is 0 Å². The fourth-order valence-corrected chi connectivity index (χ4v) is 2.43. The van der Waals surface area contributed by atoms with Crippen LogP contribution in [0.1, 0.15) is 0 Å². The summed E-state index contributed by atoms with van der Waals surface area (Å²) in [6.07, 6.45) is 0. The Morgan fingerprint density at radius 1 is 1.56 bits per heavy atom. The molecule has 1 amide bonds. The number of nitrogens with two attached hydrogens (primary N) is 1. The van der Waals surface area contributed by atoms with Crippen molar-refractivity contribution in [1.29, 1.82) is 0 Å². The summed E-state index contributed by atoms with van der Waals surface area (Å²) in [6.45, 7) is 1.36. The molecule has 0 aliphatic carbocycles. The molecule has 0 fully saturated rings. The molecule has 0 atom stereocenters. The molecule has 1 rings (SSSR count). The van der Waals surface area contributed by atoms with E-state index in [1.807, 2.05) is 30.1 Å². The van der Waals surface area contributed by atoms with Crippen molar-refractivity contribution in [1.82, 2.24) is 5.32 Å². The number of hydrogen-bond donors (Lipinski definition) is 2. The van der Waals surface area contributed by atoms with Gasteiger partial charge in [0.05, 0.1) is 18.8 Å². The number of hydrogen-bond acceptors (Lipinski definition) is 4. The Bertz CT molecular complexity index is 412.